The van der Waals surface area contributed by atoms with Gasteiger partial charge in [-0.2, -0.15) is 0 Å². The maximum atomic E-state index is 11.5. The van der Waals surface area contributed by atoms with Gasteiger partial charge < -0.3 is 4.74 Å². The highest BCUT2D eigenvalue weighted by molar-refractivity contribution is 9.11. The molecule has 0 aliphatic heterocycles. The van der Waals surface area contributed by atoms with Crippen LogP contribution in [0.5, 0.6) is 0 Å². The van der Waals surface area contributed by atoms with E-state index in [1.807, 2.05) is 12.1 Å². The van der Waals surface area contributed by atoms with Gasteiger partial charge in [0.15, 0.2) is 9.61 Å². The summed E-state index contributed by atoms with van der Waals surface area (Å²) >= 11 is 4.63. The molecule has 6 heteroatoms. The average molecular weight is 299 g/mol. The van der Waals surface area contributed by atoms with E-state index in [0.29, 0.717) is 9.61 Å². The van der Waals surface area contributed by atoms with Gasteiger partial charge in [0.2, 0.25) is 0 Å². The van der Waals surface area contributed by atoms with Gasteiger partial charge in [-0.15, -0.1) is 11.3 Å². The normalized spacial score (nSPS) is 10.1. The Morgan fingerprint density at radius 3 is 3.00 bits per heavy atom. The molecule has 2 aromatic rings. The zero-order valence-electron chi connectivity index (χ0n) is 8.31. The van der Waals surface area contributed by atoms with Gasteiger partial charge >= 0.3 is 5.97 Å². The molecule has 2 heterocycles. The summed E-state index contributed by atoms with van der Waals surface area (Å²) in [6, 6.07) is 3.68. The number of hydrogen-bond acceptors (Lipinski definition) is 5. The summed E-state index contributed by atoms with van der Waals surface area (Å²) in [6.45, 7) is 0. The van der Waals surface area contributed by atoms with Crippen molar-refractivity contribution in [3.8, 4) is 10.4 Å². The van der Waals surface area contributed by atoms with Crippen LogP contribution in [-0.4, -0.2) is 23.0 Å². The van der Waals surface area contributed by atoms with Gasteiger partial charge in [0.25, 0.3) is 0 Å². The summed E-state index contributed by atoms with van der Waals surface area (Å²) in [5.41, 5.74) is 1.17. The number of thiazole rings is 1. The summed E-state index contributed by atoms with van der Waals surface area (Å²) in [4.78, 5) is 20.4. The third-order valence-electron chi connectivity index (χ3n) is 1.90. The van der Waals surface area contributed by atoms with Crippen molar-refractivity contribution >= 4 is 33.2 Å². The number of rotatable bonds is 2. The fourth-order valence-electron chi connectivity index (χ4n) is 1.22. The Morgan fingerprint density at radius 2 is 2.38 bits per heavy atom. The highest BCUT2D eigenvalue weighted by atomic mass is 79.9. The molecule has 0 aromatic carbocycles. The van der Waals surface area contributed by atoms with E-state index < -0.39 is 5.97 Å². The Morgan fingerprint density at radius 1 is 1.56 bits per heavy atom. The summed E-state index contributed by atoms with van der Waals surface area (Å²) in [5, 5.41) is 0. The number of hydrogen-bond donors (Lipinski definition) is 0. The monoisotopic (exact) mass is 298 g/mol. The van der Waals surface area contributed by atoms with Crippen LogP contribution in [0.25, 0.3) is 10.4 Å². The Balaban J connectivity index is 2.53. The van der Waals surface area contributed by atoms with E-state index in [0.717, 1.165) is 10.4 Å². The summed E-state index contributed by atoms with van der Waals surface area (Å²) in [6.07, 6.45) is 3.36. The van der Waals surface area contributed by atoms with Crippen LogP contribution in [0.4, 0.5) is 0 Å². The van der Waals surface area contributed by atoms with Gasteiger partial charge in [-0.25, -0.2) is 9.78 Å². The molecule has 0 atom stereocenters. The minimum absolute atomic E-state index is 0.312. The van der Waals surface area contributed by atoms with Crippen LogP contribution < -0.4 is 0 Å². The van der Waals surface area contributed by atoms with Crippen molar-refractivity contribution in [3.63, 3.8) is 0 Å². The maximum absolute atomic E-state index is 11.5. The molecule has 0 amide bonds. The van der Waals surface area contributed by atoms with Crippen molar-refractivity contribution < 1.29 is 9.53 Å². The van der Waals surface area contributed by atoms with Crippen molar-refractivity contribution in [2.24, 2.45) is 0 Å². The van der Waals surface area contributed by atoms with Crippen molar-refractivity contribution in [1.82, 2.24) is 9.97 Å². The van der Waals surface area contributed by atoms with Gasteiger partial charge in [-0.3, -0.25) is 4.98 Å². The third-order valence-corrected chi connectivity index (χ3v) is 3.46. The van der Waals surface area contributed by atoms with E-state index in [-0.39, 0.29) is 0 Å². The van der Waals surface area contributed by atoms with E-state index in [4.69, 9.17) is 0 Å². The van der Waals surface area contributed by atoms with E-state index in [1.54, 1.807) is 12.4 Å². The second-order valence-electron chi connectivity index (χ2n) is 2.88. The molecule has 0 N–H and O–H groups in total. The Kier molecular flexibility index (Phi) is 3.31. The number of esters is 1. The molecule has 0 saturated carbocycles. The lowest BCUT2D eigenvalue weighted by atomic mass is 10.2. The standard InChI is InChI=1S/C10H7BrN2O2S/c1-15-9(14)7-8(16-10(11)13-7)6-3-2-4-12-5-6/h2-5H,1H3. The summed E-state index contributed by atoms with van der Waals surface area (Å²) in [7, 11) is 1.34. The van der Waals surface area contributed by atoms with E-state index in [2.05, 4.69) is 30.6 Å². The highest BCUT2D eigenvalue weighted by Crippen LogP contribution is 2.32. The van der Waals surface area contributed by atoms with Crippen LogP contribution in [0, 0.1) is 0 Å². The minimum Gasteiger partial charge on any atom is -0.464 e. The largest absolute Gasteiger partial charge is 0.464 e. The van der Waals surface area contributed by atoms with E-state index >= 15 is 0 Å². The van der Waals surface area contributed by atoms with E-state index in [9.17, 15) is 4.79 Å². The zero-order chi connectivity index (χ0) is 11.5. The topological polar surface area (TPSA) is 52.1 Å². The first-order valence-corrected chi connectivity index (χ1v) is 5.98. The number of pyridine rings is 1. The number of aromatic nitrogens is 2. The second kappa shape index (κ2) is 4.71. The van der Waals surface area contributed by atoms with Crippen LogP contribution in [0.3, 0.4) is 0 Å². The van der Waals surface area contributed by atoms with Crippen molar-refractivity contribution in [1.29, 1.82) is 0 Å². The number of ether oxygens (including phenoxy) is 1. The first kappa shape index (κ1) is 11.2. The molecule has 0 bridgehead atoms. The predicted octanol–water partition coefficient (Wildman–Crippen LogP) is 2.75. The summed E-state index contributed by atoms with van der Waals surface area (Å²) < 4.78 is 5.32. The Hall–Kier alpha value is -1.27. The second-order valence-corrected chi connectivity index (χ2v) is 5.15. The molecular formula is C10H7BrN2O2S. The lowest BCUT2D eigenvalue weighted by Crippen LogP contribution is -2.03. The van der Waals surface area contributed by atoms with Crippen LogP contribution in [0.1, 0.15) is 10.5 Å². The molecule has 0 unspecified atom stereocenters. The number of carbonyl (C=O) groups is 1. The van der Waals surface area contributed by atoms with Gasteiger partial charge in [-0.1, -0.05) is 6.07 Å². The van der Waals surface area contributed by atoms with Crippen LogP contribution >= 0.6 is 27.3 Å². The Bertz CT molecular complexity index is 513. The molecule has 0 fully saturated rings. The van der Waals surface area contributed by atoms with E-state index in [1.165, 1.54) is 18.4 Å². The maximum Gasteiger partial charge on any atom is 0.358 e. The molecule has 0 saturated heterocycles. The lowest BCUT2D eigenvalue weighted by Gasteiger charge is -1.99. The molecule has 16 heavy (non-hydrogen) atoms. The van der Waals surface area contributed by atoms with Crippen LogP contribution in [-0.2, 0) is 4.74 Å². The average Bonchev–Trinajstić information content (AvgIpc) is 2.71. The fraction of sp³-hybridized carbons (Fsp3) is 0.100. The van der Waals surface area contributed by atoms with Gasteiger partial charge in [0, 0.05) is 18.0 Å². The van der Waals surface area contributed by atoms with Gasteiger partial charge in [0.05, 0.1) is 12.0 Å². The van der Waals surface area contributed by atoms with Gasteiger partial charge in [0.1, 0.15) is 0 Å². The molecule has 0 aliphatic rings. The predicted molar refractivity (Wildman–Crippen MR) is 64.4 cm³/mol. The molecule has 4 nitrogen and oxygen atoms in total. The Labute approximate surface area is 104 Å². The SMILES string of the molecule is COC(=O)c1nc(Br)sc1-c1cccnc1. The molecule has 0 radical (unpaired) electrons. The molecule has 2 rings (SSSR count). The molecule has 0 aliphatic carbocycles. The number of halogens is 1. The van der Waals surface area contributed by atoms with Crippen molar-refractivity contribution in [3.05, 3.63) is 34.1 Å². The summed E-state index contributed by atoms with van der Waals surface area (Å²) in [5.74, 6) is -0.444. The zero-order valence-corrected chi connectivity index (χ0v) is 10.7. The van der Waals surface area contributed by atoms with Crippen LogP contribution in [0.2, 0.25) is 0 Å². The first-order chi connectivity index (χ1) is 7.72. The molecule has 2 aromatic heterocycles. The number of nitrogens with zero attached hydrogens (tertiary/aromatic N) is 2. The smallest absolute Gasteiger partial charge is 0.358 e. The quantitative estimate of drug-likeness (QED) is 0.800. The van der Waals surface area contributed by atoms with Crippen molar-refractivity contribution in [2.75, 3.05) is 7.11 Å². The molecular weight excluding hydrogens is 292 g/mol. The minimum atomic E-state index is -0.444. The van der Waals surface area contributed by atoms with Crippen LogP contribution in [0.15, 0.2) is 28.4 Å². The molecule has 0 spiro atoms. The fourth-order valence-corrected chi connectivity index (χ4v) is 2.65. The van der Waals surface area contributed by atoms with Crippen molar-refractivity contribution in [2.45, 2.75) is 0 Å². The molecule has 82 valence electrons. The first-order valence-electron chi connectivity index (χ1n) is 4.37. The number of methoxy groups -OCH3 is 1. The van der Waals surface area contributed by atoms with Gasteiger partial charge in [-0.05, 0) is 22.0 Å². The highest BCUT2D eigenvalue weighted by Gasteiger charge is 2.19. The third kappa shape index (κ3) is 2.12. The number of carbonyl (C=O) groups excluding carboxylic acids is 1. The lowest BCUT2D eigenvalue weighted by molar-refractivity contribution is 0.0595.